The van der Waals surface area contributed by atoms with Gasteiger partial charge < -0.3 is 5.32 Å². The van der Waals surface area contributed by atoms with E-state index in [0.717, 1.165) is 25.3 Å². The van der Waals surface area contributed by atoms with Gasteiger partial charge in [0.2, 0.25) is 0 Å². The Morgan fingerprint density at radius 3 is 2.39 bits per heavy atom. The monoisotopic (exact) mass is 275 g/mol. The summed E-state index contributed by atoms with van der Waals surface area (Å²) in [5.74, 6) is 2.32. The first kappa shape index (κ1) is 16.0. The molecule has 4 heteroatoms. The Morgan fingerprint density at radius 2 is 1.89 bits per heavy atom. The van der Waals surface area contributed by atoms with Gasteiger partial charge in [0.15, 0.2) is 0 Å². The summed E-state index contributed by atoms with van der Waals surface area (Å²) >= 11 is 0. The van der Waals surface area contributed by atoms with E-state index >= 15 is 0 Å². The van der Waals surface area contributed by atoms with Crippen molar-refractivity contribution in [3.8, 4) is 0 Å². The number of sulfone groups is 1. The standard InChI is InChI=1S/C14H29NO2S/c1-5-8-15-14(10-18(4,16)17)13-7-6-11(2)12(3)9-13/h11-15H,5-10H2,1-4H3. The van der Waals surface area contributed by atoms with Crippen molar-refractivity contribution in [1.29, 1.82) is 0 Å². The summed E-state index contributed by atoms with van der Waals surface area (Å²) in [7, 11) is -2.90. The quantitative estimate of drug-likeness (QED) is 0.810. The summed E-state index contributed by atoms with van der Waals surface area (Å²) in [5.41, 5.74) is 0. The topological polar surface area (TPSA) is 46.2 Å². The Balaban J connectivity index is 2.64. The Hall–Kier alpha value is -0.0900. The molecule has 108 valence electrons. The van der Waals surface area contributed by atoms with Gasteiger partial charge in [-0.3, -0.25) is 0 Å². The zero-order valence-corrected chi connectivity index (χ0v) is 13.1. The molecule has 0 aromatic carbocycles. The van der Waals surface area contributed by atoms with Crippen molar-refractivity contribution in [2.75, 3.05) is 18.6 Å². The van der Waals surface area contributed by atoms with Crippen molar-refractivity contribution in [1.82, 2.24) is 5.32 Å². The molecule has 0 bridgehead atoms. The highest BCUT2D eigenvalue weighted by molar-refractivity contribution is 7.90. The molecule has 1 saturated carbocycles. The summed E-state index contributed by atoms with van der Waals surface area (Å²) in [6.07, 6.45) is 5.97. The zero-order chi connectivity index (χ0) is 13.8. The van der Waals surface area contributed by atoms with Crippen LogP contribution in [0.2, 0.25) is 0 Å². The smallest absolute Gasteiger partial charge is 0.148 e. The van der Waals surface area contributed by atoms with Crippen LogP contribution >= 0.6 is 0 Å². The van der Waals surface area contributed by atoms with Gasteiger partial charge in [-0.2, -0.15) is 0 Å². The molecule has 0 spiro atoms. The first-order valence-corrected chi connectivity index (χ1v) is 9.30. The van der Waals surface area contributed by atoms with Crippen LogP contribution in [0.25, 0.3) is 0 Å². The van der Waals surface area contributed by atoms with Crippen LogP contribution < -0.4 is 5.32 Å². The summed E-state index contributed by atoms with van der Waals surface area (Å²) in [4.78, 5) is 0. The Bertz CT molecular complexity index is 340. The van der Waals surface area contributed by atoms with Crippen LogP contribution in [0, 0.1) is 17.8 Å². The molecule has 3 nitrogen and oxygen atoms in total. The van der Waals surface area contributed by atoms with E-state index in [2.05, 4.69) is 26.1 Å². The average Bonchev–Trinajstić information content (AvgIpc) is 2.26. The van der Waals surface area contributed by atoms with E-state index in [4.69, 9.17) is 0 Å². The van der Waals surface area contributed by atoms with Gasteiger partial charge in [0, 0.05) is 12.3 Å². The molecular weight excluding hydrogens is 246 g/mol. The second-order valence-electron chi connectivity index (χ2n) is 6.18. The fourth-order valence-electron chi connectivity index (χ4n) is 2.97. The number of hydrogen-bond acceptors (Lipinski definition) is 3. The maximum Gasteiger partial charge on any atom is 0.148 e. The predicted octanol–water partition coefficient (Wildman–Crippen LogP) is 2.47. The molecule has 0 aromatic heterocycles. The van der Waals surface area contributed by atoms with E-state index in [0.29, 0.717) is 17.6 Å². The largest absolute Gasteiger partial charge is 0.313 e. The minimum Gasteiger partial charge on any atom is -0.313 e. The van der Waals surface area contributed by atoms with E-state index in [9.17, 15) is 8.42 Å². The zero-order valence-electron chi connectivity index (χ0n) is 12.3. The summed E-state index contributed by atoms with van der Waals surface area (Å²) in [6.45, 7) is 7.65. The first-order valence-electron chi connectivity index (χ1n) is 7.24. The minimum absolute atomic E-state index is 0.148. The van der Waals surface area contributed by atoms with Crippen LogP contribution in [0.5, 0.6) is 0 Å². The molecule has 0 heterocycles. The van der Waals surface area contributed by atoms with Crippen LogP contribution in [0.4, 0.5) is 0 Å². The van der Waals surface area contributed by atoms with E-state index < -0.39 is 9.84 Å². The van der Waals surface area contributed by atoms with E-state index in [1.165, 1.54) is 19.1 Å². The van der Waals surface area contributed by atoms with Crippen molar-refractivity contribution < 1.29 is 8.42 Å². The molecule has 4 unspecified atom stereocenters. The first-order chi connectivity index (χ1) is 8.33. The van der Waals surface area contributed by atoms with Crippen molar-refractivity contribution >= 4 is 9.84 Å². The summed E-state index contributed by atoms with van der Waals surface area (Å²) in [5, 5.41) is 3.45. The Kier molecular flexibility index (Phi) is 6.12. The molecule has 0 saturated heterocycles. The van der Waals surface area contributed by atoms with Crippen LogP contribution in [-0.2, 0) is 9.84 Å². The molecule has 0 aromatic rings. The van der Waals surface area contributed by atoms with Crippen molar-refractivity contribution in [3.05, 3.63) is 0 Å². The highest BCUT2D eigenvalue weighted by Crippen LogP contribution is 2.35. The average molecular weight is 275 g/mol. The van der Waals surface area contributed by atoms with E-state index in [1.807, 2.05) is 0 Å². The number of hydrogen-bond donors (Lipinski definition) is 1. The lowest BCUT2D eigenvalue weighted by molar-refractivity contribution is 0.178. The van der Waals surface area contributed by atoms with E-state index in [1.54, 1.807) is 0 Å². The van der Waals surface area contributed by atoms with Crippen molar-refractivity contribution in [2.24, 2.45) is 17.8 Å². The van der Waals surface area contributed by atoms with Gasteiger partial charge >= 0.3 is 0 Å². The van der Waals surface area contributed by atoms with Gasteiger partial charge in [0.1, 0.15) is 9.84 Å². The minimum atomic E-state index is -2.90. The SMILES string of the molecule is CCCNC(CS(C)(=O)=O)C1CCC(C)C(C)C1. The second kappa shape index (κ2) is 6.90. The van der Waals surface area contributed by atoms with Crippen LogP contribution in [0.1, 0.15) is 46.5 Å². The van der Waals surface area contributed by atoms with Crippen molar-refractivity contribution in [3.63, 3.8) is 0 Å². The fraction of sp³-hybridized carbons (Fsp3) is 1.00. The van der Waals surface area contributed by atoms with Gasteiger partial charge in [-0.15, -0.1) is 0 Å². The van der Waals surface area contributed by atoms with Crippen LogP contribution in [-0.4, -0.2) is 33.0 Å². The van der Waals surface area contributed by atoms with Gasteiger partial charge in [0.25, 0.3) is 0 Å². The lowest BCUT2D eigenvalue weighted by atomic mass is 9.73. The highest BCUT2D eigenvalue weighted by atomic mass is 32.2. The third kappa shape index (κ3) is 5.27. The van der Waals surface area contributed by atoms with Gasteiger partial charge in [-0.1, -0.05) is 27.2 Å². The van der Waals surface area contributed by atoms with E-state index in [-0.39, 0.29) is 6.04 Å². The van der Waals surface area contributed by atoms with Gasteiger partial charge in [-0.05, 0) is 43.6 Å². The van der Waals surface area contributed by atoms with Crippen LogP contribution in [0.3, 0.4) is 0 Å². The Morgan fingerprint density at radius 1 is 1.22 bits per heavy atom. The summed E-state index contributed by atoms with van der Waals surface area (Å²) in [6, 6.07) is 0.148. The molecule has 18 heavy (non-hydrogen) atoms. The molecule has 1 aliphatic rings. The molecule has 0 aliphatic heterocycles. The molecular formula is C14H29NO2S. The molecule has 1 aliphatic carbocycles. The number of rotatable bonds is 6. The Labute approximate surface area is 113 Å². The molecule has 1 rings (SSSR count). The van der Waals surface area contributed by atoms with Crippen LogP contribution in [0.15, 0.2) is 0 Å². The fourth-order valence-corrected chi connectivity index (χ4v) is 4.01. The molecule has 0 amide bonds. The summed E-state index contributed by atoms with van der Waals surface area (Å²) < 4.78 is 23.1. The molecule has 0 radical (unpaired) electrons. The maximum atomic E-state index is 11.6. The number of nitrogens with one attached hydrogen (secondary N) is 1. The lowest BCUT2D eigenvalue weighted by Gasteiger charge is -2.37. The maximum absolute atomic E-state index is 11.6. The molecule has 1 N–H and O–H groups in total. The third-order valence-corrected chi connectivity index (χ3v) is 5.31. The third-order valence-electron chi connectivity index (χ3n) is 4.35. The highest BCUT2D eigenvalue weighted by Gasteiger charge is 2.31. The normalized spacial score (nSPS) is 31.2. The molecule has 4 atom stereocenters. The van der Waals surface area contributed by atoms with Crippen molar-refractivity contribution in [2.45, 2.75) is 52.5 Å². The predicted molar refractivity (Wildman–Crippen MR) is 77.5 cm³/mol. The van der Waals surface area contributed by atoms with Gasteiger partial charge in [-0.25, -0.2) is 8.42 Å². The lowest BCUT2D eigenvalue weighted by Crippen LogP contribution is -2.44. The second-order valence-corrected chi connectivity index (χ2v) is 8.37. The van der Waals surface area contributed by atoms with Gasteiger partial charge in [0.05, 0.1) is 5.75 Å². The molecule has 1 fully saturated rings.